The molecule has 30 heavy (non-hydrogen) atoms. The third-order valence-electron chi connectivity index (χ3n) is 4.25. The molecule has 1 heterocycles. The number of aromatic nitrogens is 2. The van der Waals surface area contributed by atoms with Crippen molar-refractivity contribution in [1.82, 2.24) is 9.97 Å². The number of hydrogen-bond acceptors (Lipinski definition) is 9. The SMILES string of the molecule is CCOc1ccc(-c2cnc(Nc3ccc([S-](=N)=O)cc3)nc2N[C@H](C)CO)cc1. The molecule has 9 heteroatoms. The van der Waals surface area contributed by atoms with E-state index in [1.54, 1.807) is 30.5 Å². The van der Waals surface area contributed by atoms with Gasteiger partial charge in [-0.05, 0) is 43.7 Å². The molecule has 1 aromatic heterocycles. The van der Waals surface area contributed by atoms with E-state index in [-0.39, 0.29) is 12.6 Å². The Balaban J connectivity index is 1.90. The second-order valence-electron chi connectivity index (χ2n) is 6.56. The fraction of sp³-hybridized carbons (Fsp3) is 0.238. The van der Waals surface area contributed by atoms with Crippen LogP contribution in [0.4, 0.5) is 17.5 Å². The van der Waals surface area contributed by atoms with Crippen LogP contribution in [0.3, 0.4) is 0 Å². The van der Waals surface area contributed by atoms with Gasteiger partial charge >= 0.3 is 0 Å². The predicted octanol–water partition coefficient (Wildman–Crippen LogP) is 4.16. The van der Waals surface area contributed by atoms with Crippen LogP contribution in [-0.4, -0.2) is 34.3 Å². The topological polar surface area (TPSA) is 120 Å². The lowest BCUT2D eigenvalue weighted by Crippen LogP contribution is -2.21. The molecule has 4 N–H and O–H groups in total. The molecule has 0 saturated carbocycles. The third kappa shape index (κ3) is 5.46. The highest BCUT2D eigenvalue weighted by Gasteiger charge is 2.12. The van der Waals surface area contributed by atoms with Gasteiger partial charge in [-0.15, -0.1) is 0 Å². The Hall–Kier alpha value is -3.17. The summed E-state index contributed by atoms with van der Waals surface area (Å²) in [6, 6.07) is 14.1. The van der Waals surface area contributed by atoms with Crippen LogP contribution in [0.25, 0.3) is 11.1 Å². The lowest BCUT2D eigenvalue weighted by atomic mass is 10.1. The summed E-state index contributed by atoms with van der Waals surface area (Å²) in [5, 5.41) is 15.8. The second kappa shape index (κ2) is 10.0. The number of rotatable bonds is 9. The number of nitrogens with one attached hydrogen (secondary N) is 3. The van der Waals surface area contributed by atoms with Gasteiger partial charge in [0.25, 0.3) is 0 Å². The lowest BCUT2D eigenvalue weighted by molar-refractivity contribution is 0.281. The zero-order valence-electron chi connectivity index (χ0n) is 16.8. The van der Waals surface area contributed by atoms with Gasteiger partial charge in [-0.25, -0.2) is 4.98 Å². The lowest BCUT2D eigenvalue weighted by Gasteiger charge is -2.17. The number of hydrogen-bond donors (Lipinski definition) is 4. The van der Waals surface area contributed by atoms with E-state index >= 15 is 0 Å². The van der Waals surface area contributed by atoms with Crippen LogP contribution in [0.15, 0.2) is 59.6 Å². The van der Waals surface area contributed by atoms with Gasteiger partial charge in [0.15, 0.2) is 0 Å². The van der Waals surface area contributed by atoms with E-state index in [1.807, 2.05) is 38.1 Å². The third-order valence-corrected chi connectivity index (χ3v) is 4.95. The molecule has 0 radical (unpaired) electrons. The highest BCUT2D eigenvalue weighted by atomic mass is 32.2. The molecule has 0 amide bonds. The van der Waals surface area contributed by atoms with E-state index < -0.39 is 10.6 Å². The Kier molecular flexibility index (Phi) is 7.21. The molecule has 1 atom stereocenters. The molecule has 0 saturated heterocycles. The van der Waals surface area contributed by atoms with E-state index in [2.05, 4.69) is 20.6 Å². The Bertz CT molecular complexity index is 1050. The first-order valence-corrected chi connectivity index (χ1v) is 10.6. The highest BCUT2D eigenvalue weighted by Crippen LogP contribution is 2.29. The van der Waals surface area contributed by atoms with E-state index in [4.69, 9.17) is 9.52 Å². The maximum Gasteiger partial charge on any atom is 0.229 e. The molecule has 3 aromatic rings. The summed E-state index contributed by atoms with van der Waals surface area (Å²) in [5.41, 5.74) is 2.42. The summed E-state index contributed by atoms with van der Waals surface area (Å²) >= 11 is 0. The smallest absolute Gasteiger partial charge is 0.229 e. The van der Waals surface area contributed by atoms with Crippen molar-refractivity contribution in [2.45, 2.75) is 24.8 Å². The van der Waals surface area contributed by atoms with E-state index in [0.29, 0.717) is 29.0 Å². The minimum absolute atomic E-state index is 0.0405. The van der Waals surface area contributed by atoms with Crippen LogP contribution in [0.1, 0.15) is 13.8 Å². The number of aliphatic hydroxyl groups is 1. The van der Waals surface area contributed by atoms with Crippen LogP contribution in [0.2, 0.25) is 0 Å². The van der Waals surface area contributed by atoms with Gasteiger partial charge in [0, 0.05) is 23.5 Å². The number of anilines is 3. The predicted molar refractivity (Wildman–Crippen MR) is 118 cm³/mol. The average molecular weight is 427 g/mol. The molecule has 158 valence electrons. The fourth-order valence-corrected chi connectivity index (χ4v) is 3.11. The number of aliphatic hydroxyl groups excluding tert-OH is 1. The second-order valence-corrected chi connectivity index (χ2v) is 7.57. The van der Waals surface area contributed by atoms with Gasteiger partial charge < -0.3 is 29.5 Å². The van der Waals surface area contributed by atoms with E-state index in [9.17, 15) is 9.32 Å². The van der Waals surface area contributed by atoms with Gasteiger partial charge in [0.1, 0.15) is 11.6 Å². The van der Waals surface area contributed by atoms with Crippen LogP contribution in [-0.2, 0) is 14.8 Å². The molecule has 0 aliphatic rings. The van der Waals surface area contributed by atoms with Crippen LogP contribution in [0, 0.1) is 4.78 Å². The van der Waals surface area contributed by atoms with Gasteiger partial charge in [-0.2, -0.15) is 15.6 Å². The van der Waals surface area contributed by atoms with Crippen molar-refractivity contribution in [2.24, 2.45) is 0 Å². The van der Waals surface area contributed by atoms with E-state index in [0.717, 1.165) is 16.9 Å². The zero-order chi connectivity index (χ0) is 21.5. The van der Waals surface area contributed by atoms with Crippen molar-refractivity contribution in [3.8, 4) is 16.9 Å². The van der Waals surface area contributed by atoms with Crippen LogP contribution in [0.5, 0.6) is 5.75 Å². The number of benzene rings is 2. The molecule has 0 bridgehead atoms. The van der Waals surface area contributed by atoms with Crippen LogP contribution >= 0.6 is 0 Å². The van der Waals surface area contributed by atoms with Crippen molar-refractivity contribution in [1.29, 1.82) is 4.78 Å². The summed E-state index contributed by atoms with van der Waals surface area (Å²) < 4.78 is 24.0. The first kappa shape index (κ1) is 21.5. The van der Waals surface area contributed by atoms with E-state index in [1.165, 1.54) is 0 Å². The molecule has 3 rings (SSSR count). The van der Waals surface area contributed by atoms with Crippen molar-refractivity contribution >= 4 is 28.0 Å². The standard InChI is InChI=1S/C21H24N5O3S/c1-3-29-17-8-4-15(5-9-17)19-12-23-21(26-20(19)24-14(2)13-27)25-16-6-10-18(11-7-16)30(22)28/h4-12,14,22,27H,3,13H2,1-2H3,(H2,23,24,25,26)/q-1/t14-/m1/s1. The molecule has 0 spiro atoms. The first-order valence-electron chi connectivity index (χ1n) is 9.48. The van der Waals surface area contributed by atoms with Gasteiger partial charge in [-0.1, -0.05) is 29.2 Å². The molecule has 0 fully saturated rings. The maximum absolute atomic E-state index is 11.2. The summed E-state index contributed by atoms with van der Waals surface area (Å²) in [4.78, 5) is 9.41. The van der Waals surface area contributed by atoms with Gasteiger partial charge in [0.05, 0.1) is 13.2 Å². The molecular weight excluding hydrogens is 402 g/mol. The van der Waals surface area contributed by atoms with Crippen molar-refractivity contribution in [2.75, 3.05) is 23.8 Å². The maximum atomic E-state index is 11.2. The fourth-order valence-electron chi connectivity index (χ4n) is 2.73. The summed E-state index contributed by atoms with van der Waals surface area (Å²) in [7, 11) is -1.77. The quantitative estimate of drug-likeness (QED) is 0.379. The van der Waals surface area contributed by atoms with Crippen LogP contribution < -0.4 is 15.4 Å². The molecule has 0 unspecified atom stereocenters. The van der Waals surface area contributed by atoms with Crippen molar-refractivity contribution in [3.05, 3.63) is 54.7 Å². The molecule has 0 aliphatic heterocycles. The largest absolute Gasteiger partial charge is 0.494 e. The summed E-state index contributed by atoms with van der Waals surface area (Å²) in [5.74, 6) is 1.75. The molecular formula is C21H24N5O3S-. The number of nitrogens with zero attached hydrogens (tertiary/aromatic N) is 2. The molecule has 8 nitrogen and oxygen atoms in total. The first-order chi connectivity index (χ1) is 14.5. The Morgan fingerprint density at radius 3 is 2.47 bits per heavy atom. The number of ether oxygens (including phenoxy) is 1. The molecule has 2 aromatic carbocycles. The summed E-state index contributed by atoms with van der Waals surface area (Å²) in [6.45, 7) is 4.35. The Morgan fingerprint density at radius 1 is 1.17 bits per heavy atom. The van der Waals surface area contributed by atoms with Crippen molar-refractivity contribution < 1.29 is 14.1 Å². The van der Waals surface area contributed by atoms with Gasteiger partial charge in [-0.3, -0.25) is 0 Å². The molecule has 0 aliphatic carbocycles. The Morgan fingerprint density at radius 2 is 1.87 bits per heavy atom. The normalized spacial score (nSPS) is 11.9. The average Bonchev–Trinajstić information content (AvgIpc) is 2.75. The zero-order valence-corrected chi connectivity index (χ0v) is 17.6. The highest BCUT2D eigenvalue weighted by molar-refractivity contribution is 7.73. The minimum atomic E-state index is -1.77. The van der Waals surface area contributed by atoms with Crippen molar-refractivity contribution in [3.63, 3.8) is 0 Å². The Labute approximate surface area is 177 Å². The minimum Gasteiger partial charge on any atom is -0.494 e. The van der Waals surface area contributed by atoms with Gasteiger partial charge in [0.2, 0.25) is 5.95 Å². The monoisotopic (exact) mass is 426 g/mol. The summed E-state index contributed by atoms with van der Waals surface area (Å²) in [6.07, 6.45) is 1.71.